The van der Waals surface area contributed by atoms with Crippen molar-refractivity contribution in [2.24, 2.45) is 0 Å². The fourth-order valence-electron chi connectivity index (χ4n) is 11.3. The number of rotatable bonds is 67. The number of unbranched alkanes of at least 4 members (excludes halogenated alkanes) is 56. The zero-order chi connectivity index (χ0) is 55.7. The van der Waals surface area contributed by atoms with E-state index in [9.17, 15) is 14.4 Å². The Hall–Kier alpha value is -1.59. The van der Waals surface area contributed by atoms with E-state index in [1.807, 2.05) is 0 Å². The maximum absolute atomic E-state index is 12.9. The number of esters is 3. The van der Waals surface area contributed by atoms with Crippen molar-refractivity contribution in [1.82, 2.24) is 0 Å². The van der Waals surface area contributed by atoms with E-state index in [1.54, 1.807) is 0 Å². The molecule has 0 aliphatic heterocycles. The van der Waals surface area contributed by atoms with E-state index in [0.717, 1.165) is 57.8 Å². The molecule has 458 valence electrons. The van der Waals surface area contributed by atoms with Crippen molar-refractivity contribution in [2.75, 3.05) is 13.2 Å². The van der Waals surface area contributed by atoms with Crippen molar-refractivity contribution in [2.45, 2.75) is 425 Å². The third-order valence-electron chi connectivity index (χ3n) is 16.6. The molecule has 0 aliphatic carbocycles. The van der Waals surface area contributed by atoms with E-state index in [2.05, 4.69) is 20.8 Å². The lowest BCUT2D eigenvalue weighted by atomic mass is 10.0. The molecule has 77 heavy (non-hydrogen) atoms. The predicted molar refractivity (Wildman–Crippen MR) is 335 cm³/mol. The summed E-state index contributed by atoms with van der Waals surface area (Å²) >= 11 is 0. The SMILES string of the molecule is CCCCCCCCCCCCCCCCCCCCCCCCCCC(=O)OCC(COC(=O)CCCCCCCCCCCCCCC)OC(=O)CCCCCCCCCCCCCCCCCCCCCCCC. The van der Waals surface area contributed by atoms with Crippen molar-refractivity contribution in [3.05, 3.63) is 0 Å². The molecule has 0 aromatic carbocycles. The van der Waals surface area contributed by atoms with Crippen molar-refractivity contribution in [3.8, 4) is 0 Å². The van der Waals surface area contributed by atoms with Crippen LogP contribution in [0.2, 0.25) is 0 Å². The summed E-state index contributed by atoms with van der Waals surface area (Å²) in [6, 6.07) is 0. The Labute approximate surface area is 482 Å². The van der Waals surface area contributed by atoms with Gasteiger partial charge in [0, 0.05) is 19.3 Å². The molecule has 6 nitrogen and oxygen atoms in total. The van der Waals surface area contributed by atoms with Gasteiger partial charge < -0.3 is 14.2 Å². The number of carbonyl (C=O) groups is 3. The average molecular weight is 1090 g/mol. The predicted octanol–water partition coefficient (Wildman–Crippen LogP) is 24.2. The van der Waals surface area contributed by atoms with Crippen LogP contribution >= 0.6 is 0 Å². The van der Waals surface area contributed by atoms with E-state index in [-0.39, 0.29) is 31.1 Å². The van der Waals surface area contributed by atoms with Crippen LogP contribution in [0.4, 0.5) is 0 Å². The number of hydrogen-bond acceptors (Lipinski definition) is 6. The van der Waals surface area contributed by atoms with Crippen LogP contribution < -0.4 is 0 Å². The molecule has 0 spiro atoms. The number of ether oxygens (including phenoxy) is 3. The molecule has 0 radical (unpaired) electrons. The minimum absolute atomic E-state index is 0.0602. The highest BCUT2D eigenvalue weighted by molar-refractivity contribution is 5.71. The molecule has 0 aromatic rings. The molecule has 0 heterocycles. The van der Waals surface area contributed by atoms with Gasteiger partial charge in [-0.25, -0.2) is 0 Å². The van der Waals surface area contributed by atoms with Gasteiger partial charge in [-0.1, -0.05) is 380 Å². The molecule has 0 aliphatic rings. The maximum atomic E-state index is 12.9. The van der Waals surface area contributed by atoms with Crippen molar-refractivity contribution in [3.63, 3.8) is 0 Å². The van der Waals surface area contributed by atoms with Crippen LogP contribution in [0.25, 0.3) is 0 Å². The van der Waals surface area contributed by atoms with E-state index in [0.29, 0.717) is 19.3 Å². The Balaban J connectivity index is 4.19. The molecule has 6 heteroatoms. The van der Waals surface area contributed by atoms with Gasteiger partial charge in [-0.3, -0.25) is 14.4 Å². The largest absolute Gasteiger partial charge is 0.462 e. The summed E-state index contributed by atoms with van der Waals surface area (Å²) in [7, 11) is 0. The van der Waals surface area contributed by atoms with Gasteiger partial charge >= 0.3 is 17.9 Å². The second-order valence-electron chi connectivity index (χ2n) is 24.5. The molecule has 0 N–H and O–H groups in total. The third-order valence-corrected chi connectivity index (χ3v) is 16.6. The van der Waals surface area contributed by atoms with E-state index < -0.39 is 6.10 Å². The summed E-state index contributed by atoms with van der Waals surface area (Å²) in [5.41, 5.74) is 0. The average Bonchev–Trinajstić information content (AvgIpc) is 3.43. The molecule has 0 rings (SSSR count). The van der Waals surface area contributed by atoms with Crippen LogP contribution in [0.5, 0.6) is 0 Å². The highest BCUT2D eigenvalue weighted by Gasteiger charge is 2.19. The van der Waals surface area contributed by atoms with Gasteiger partial charge in [0.25, 0.3) is 0 Å². The highest BCUT2D eigenvalue weighted by atomic mass is 16.6. The Bertz CT molecular complexity index is 1160. The van der Waals surface area contributed by atoms with Crippen LogP contribution in [-0.4, -0.2) is 37.2 Å². The first-order valence-electron chi connectivity index (χ1n) is 35.5. The Kier molecular flexibility index (Phi) is 65.5. The lowest BCUT2D eigenvalue weighted by Gasteiger charge is -2.18. The molecule has 1 atom stereocenters. The van der Waals surface area contributed by atoms with Gasteiger partial charge in [0.05, 0.1) is 0 Å². The summed E-state index contributed by atoms with van der Waals surface area (Å²) in [5.74, 6) is -0.820. The monoisotopic (exact) mass is 1090 g/mol. The van der Waals surface area contributed by atoms with E-state index in [4.69, 9.17) is 14.2 Å². The van der Waals surface area contributed by atoms with Crippen LogP contribution in [0.1, 0.15) is 419 Å². The topological polar surface area (TPSA) is 78.9 Å². The fourth-order valence-corrected chi connectivity index (χ4v) is 11.3. The molecule has 0 aromatic heterocycles. The first-order valence-corrected chi connectivity index (χ1v) is 35.5. The molecular weight excluding hydrogens is 949 g/mol. The minimum atomic E-state index is -0.763. The van der Waals surface area contributed by atoms with Gasteiger partial charge in [0.15, 0.2) is 6.10 Å². The minimum Gasteiger partial charge on any atom is -0.462 e. The zero-order valence-electron chi connectivity index (χ0n) is 52.8. The summed E-state index contributed by atoms with van der Waals surface area (Å²) in [5, 5.41) is 0. The number of carbonyl (C=O) groups excluding carboxylic acids is 3. The summed E-state index contributed by atoms with van der Waals surface area (Å²) in [6.45, 7) is 6.74. The van der Waals surface area contributed by atoms with Gasteiger partial charge in [-0.2, -0.15) is 0 Å². The molecule has 0 saturated heterocycles. The van der Waals surface area contributed by atoms with Crippen LogP contribution in [0.3, 0.4) is 0 Å². The Morgan fingerprint density at radius 3 is 0.519 bits per heavy atom. The zero-order valence-corrected chi connectivity index (χ0v) is 52.8. The van der Waals surface area contributed by atoms with Crippen LogP contribution in [0, 0.1) is 0 Å². The maximum Gasteiger partial charge on any atom is 0.306 e. The van der Waals surface area contributed by atoms with Gasteiger partial charge in [-0.15, -0.1) is 0 Å². The second-order valence-corrected chi connectivity index (χ2v) is 24.5. The fraction of sp³-hybridized carbons (Fsp3) is 0.958. The van der Waals surface area contributed by atoms with Crippen molar-refractivity contribution < 1.29 is 28.6 Å². The standard InChI is InChI=1S/C71H138O6/c1-4-7-10-13-16-19-22-25-27-29-31-33-35-36-38-39-41-43-46-49-52-55-58-61-64-70(73)76-67-68(66-75-69(72)63-60-57-54-51-48-45-24-21-18-15-12-9-6-3)77-71(74)65-62-59-56-53-50-47-44-42-40-37-34-32-30-28-26-23-20-17-14-11-8-5-2/h68H,4-67H2,1-3H3. The highest BCUT2D eigenvalue weighted by Crippen LogP contribution is 2.19. The molecule has 1 unspecified atom stereocenters. The molecule has 0 saturated carbocycles. The molecule has 0 bridgehead atoms. The summed E-state index contributed by atoms with van der Waals surface area (Å²) in [4.78, 5) is 38.4. The smallest absolute Gasteiger partial charge is 0.306 e. The molecule has 0 fully saturated rings. The third kappa shape index (κ3) is 65.1. The van der Waals surface area contributed by atoms with Crippen LogP contribution in [0.15, 0.2) is 0 Å². The van der Waals surface area contributed by atoms with Crippen molar-refractivity contribution >= 4 is 17.9 Å². The van der Waals surface area contributed by atoms with E-state index >= 15 is 0 Å². The Morgan fingerprint density at radius 2 is 0.351 bits per heavy atom. The van der Waals surface area contributed by atoms with E-state index in [1.165, 1.54) is 321 Å². The molecular formula is C71H138O6. The first-order chi connectivity index (χ1) is 38.0. The lowest BCUT2D eigenvalue weighted by Crippen LogP contribution is -2.30. The van der Waals surface area contributed by atoms with Gasteiger partial charge in [-0.05, 0) is 19.3 Å². The Morgan fingerprint density at radius 1 is 0.208 bits per heavy atom. The number of hydrogen-bond donors (Lipinski definition) is 0. The van der Waals surface area contributed by atoms with Crippen LogP contribution in [-0.2, 0) is 28.6 Å². The lowest BCUT2D eigenvalue weighted by molar-refractivity contribution is -0.167. The van der Waals surface area contributed by atoms with Gasteiger partial charge in [0.1, 0.15) is 13.2 Å². The quantitative estimate of drug-likeness (QED) is 0.0343. The van der Waals surface area contributed by atoms with Gasteiger partial charge in [0.2, 0.25) is 0 Å². The second kappa shape index (κ2) is 66.9. The molecule has 0 amide bonds. The summed E-state index contributed by atoms with van der Waals surface area (Å²) < 4.78 is 17.0. The van der Waals surface area contributed by atoms with Crippen molar-refractivity contribution in [1.29, 1.82) is 0 Å². The first kappa shape index (κ1) is 75.4. The summed E-state index contributed by atoms with van der Waals surface area (Å²) in [6.07, 6.45) is 78.5. The normalized spacial score (nSPS) is 11.9.